The highest BCUT2D eigenvalue weighted by Gasteiger charge is 2.25. The van der Waals surface area contributed by atoms with Crippen LogP contribution in [-0.4, -0.2) is 34.8 Å². The molecule has 1 aliphatic rings. The summed E-state index contributed by atoms with van der Waals surface area (Å²) < 4.78 is 25.0. The minimum Gasteiger partial charge on any atom is -0.324 e. The van der Waals surface area contributed by atoms with E-state index in [1.54, 1.807) is 4.57 Å². The highest BCUT2D eigenvalue weighted by atomic mass is 79.9. The van der Waals surface area contributed by atoms with E-state index in [1.807, 2.05) is 18.2 Å². The number of aromatic nitrogens is 3. The Labute approximate surface area is 207 Å². The van der Waals surface area contributed by atoms with Crippen molar-refractivity contribution in [1.82, 2.24) is 14.8 Å². The van der Waals surface area contributed by atoms with E-state index in [9.17, 15) is 13.2 Å². The third kappa shape index (κ3) is 5.29. The van der Waals surface area contributed by atoms with Gasteiger partial charge in [-0.25, -0.2) is 13.6 Å². The molecule has 168 valence electrons. The number of sulfonamides is 1. The normalized spacial score (nSPS) is 13.9. The van der Waals surface area contributed by atoms with Gasteiger partial charge in [-0.1, -0.05) is 41.0 Å². The van der Waals surface area contributed by atoms with Crippen molar-refractivity contribution in [2.24, 2.45) is 5.14 Å². The average Bonchev–Trinajstić information content (AvgIpc) is 3.51. The van der Waals surface area contributed by atoms with Crippen molar-refractivity contribution in [2.45, 2.75) is 28.8 Å². The summed E-state index contributed by atoms with van der Waals surface area (Å²) in [5.41, 5.74) is 2.19. The van der Waals surface area contributed by atoms with E-state index >= 15 is 0 Å². The Morgan fingerprint density at radius 3 is 2.56 bits per heavy atom. The van der Waals surface area contributed by atoms with E-state index in [-0.39, 0.29) is 27.3 Å². The largest absolute Gasteiger partial charge is 0.324 e. The lowest BCUT2D eigenvalue weighted by Crippen LogP contribution is -2.16. The van der Waals surface area contributed by atoms with Crippen molar-refractivity contribution in [3.63, 3.8) is 0 Å². The Bertz CT molecular complexity index is 1310. The van der Waals surface area contributed by atoms with Gasteiger partial charge in [0.1, 0.15) is 0 Å². The number of anilines is 1. The summed E-state index contributed by atoms with van der Waals surface area (Å²) in [6.45, 7) is 0. The third-order valence-electron chi connectivity index (χ3n) is 4.73. The fourth-order valence-electron chi connectivity index (χ4n) is 3.01. The molecule has 1 amide bonds. The zero-order chi connectivity index (χ0) is 23.0. The predicted octanol–water partition coefficient (Wildman–Crippen LogP) is 4.59. The van der Waals surface area contributed by atoms with E-state index in [0.29, 0.717) is 26.5 Å². The van der Waals surface area contributed by atoms with Gasteiger partial charge in [-0.3, -0.25) is 9.36 Å². The standard InChI is InChI=1S/C19H16BrCl2N5O3S2/c20-18-25-26-19(27(18)16-6-3-11(7-14(16)22)10-1-2-10)31-9-17(28)24-15-5-4-12(8-13(15)21)32(23,29)30/h3-8,10H,1-2,9H2,(H,24,28)(H2,23,29,30). The first kappa shape index (κ1) is 23.5. The molecule has 0 spiro atoms. The number of rotatable bonds is 7. The molecule has 4 rings (SSSR count). The van der Waals surface area contributed by atoms with E-state index in [1.165, 1.54) is 36.6 Å². The van der Waals surface area contributed by atoms with E-state index in [2.05, 4.69) is 31.4 Å². The van der Waals surface area contributed by atoms with E-state index in [4.69, 9.17) is 28.3 Å². The van der Waals surface area contributed by atoms with Crippen LogP contribution in [0.3, 0.4) is 0 Å². The monoisotopic (exact) mass is 575 g/mol. The Kier molecular flexibility index (Phi) is 6.85. The molecule has 0 bridgehead atoms. The summed E-state index contributed by atoms with van der Waals surface area (Å²) in [4.78, 5) is 12.3. The molecule has 8 nitrogen and oxygen atoms in total. The number of nitrogens with one attached hydrogen (secondary N) is 1. The van der Waals surface area contributed by atoms with Crippen molar-refractivity contribution in [1.29, 1.82) is 0 Å². The smallest absolute Gasteiger partial charge is 0.238 e. The number of halogens is 3. The van der Waals surface area contributed by atoms with Gasteiger partial charge in [-0.15, -0.1) is 10.2 Å². The average molecular weight is 577 g/mol. The number of nitrogens with two attached hydrogens (primary N) is 1. The van der Waals surface area contributed by atoms with Gasteiger partial charge < -0.3 is 5.32 Å². The number of thioether (sulfide) groups is 1. The molecule has 0 atom stereocenters. The molecule has 0 radical (unpaired) electrons. The first-order valence-corrected chi connectivity index (χ1v) is 13.4. The molecule has 0 saturated heterocycles. The lowest BCUT2D eigenvalue weighted by atomic mass is 10.1. The third-order valence-corrected chi connectivity index (χ3v) is 7.70. The van der Waals surface area contributed by atoms with Crippen LogP contribution in [0.5, 0.6) is 0 Å². The molecule has 3 N–H and O–H groups in total. The Morgan fingerprint density at radius 1 is 1.19 bits per heavy atom. The molecule has 0 unspecified atom stereocenters. The number of primary sulfonamides is 1. The number of carbonyl (C=O) groups excluding carboxylic acids is 1. The number of benzene rings is 2. The maximum atomic E-state index is 12.4. The van der Waals surface area contributed by atoms with Crippen molar-refractivity contribution in [3.8, 4) is 5.69 Å². The van der Waals surface area contributed by atoms with Gasteiger partial charge in [0.05, 0.1) is 32.1 Å². The summed E-state index contributed by atoms with van der Waals surface area (Å²) >= 11 is 17.1. The van der Waals surface area contributed by atoms with Crippen LogP contribution in [0.25, 0.3) is 5.69 Å². The second-order valence-electron chi connectivity index (χ2n) is 7.10. The van der Waals surface area contributed by atoms with Crippen LogP contribution in [-0.2, 0) is 14.8 Å². The maximum absolute atomic E-state index is 12.4. The van der Waals surface area contributed by atoms with Crippen LogP contribution < -0.4 is 10.5 Å². The van der Waals surface area contributed by atoms with Crippen LogP contribution in [0.15, 0.2) is 51.2 Å². The molecular formula is C19H16BrCl2N5O3S2. The fraction of sp³-hybridized carbons (Fsp3) is 0.211. The molecule has 1 aliphatic carbocycles. The van der Waals surface area contributed by atoms with Crippen LogP contribution in [0, 0.1) is 0 Å². The Morgan fingerprint density at radius 2 is 1.94 bits per heavy atom. The topological polar surface area (TPSA) is 120 Å². The van der Waals surface area contributed by atoms with Crippen LogP contribution >= 0.6 is 50.9 Å². The molecule has 2 aromatic carbocycles. The Hall–Kier alpha value is -1.63. The van der Waals surface area contributed by atoms with Gasteiger partial charge in [0.2, 0.25) is 20.7 Å². The highest BCUT2D eigenvalue weighted by molar-refractivity contribution is 9.10. The number of hydrogen-bond acceptors (Lipinski definition) is 6. The summed E-state index contributed by atoms with van der Waals surface area (Å²) in [7, 11) is -3.89. The molecule has 3 aromatic rings. The van der Waals surface area contributed by atoms with Crippen LogP contribution in [0.1, 0.15) is 24.3 Å². The quantitative estimate of drug-likeness (QED) is 0.397. The first-order valence-electron chi connectivity index (χ1n) is 9.29. The molecule has 32 heavy (non-hydrogen) atoms. The molecule has 1 aromatic heterocycles. The summed E-state index contributed by atoms with van der Waals surface area (Å²) in [5, 5.41) is 17.0. The van der Waals surface area contributed by atoms with Crippen molar-refractivity contribution < 1.29 is 13.2 Å². The first-order chi connectivity index (χ1) is 15.1. The van der Waals surface area contributed by atoms with Gasteiger partial charge >= 0.3 is 0 Å². The number of hydrogen-bond donors (Lipinski definition) is 2. The summed E-state index contributed by atoms with van der Waals surface area (Å²) in [6.07, 6.45) is 2.36. The lowest BCUT2D eigenvalue weighted by Gasteiger charge is -2.11. The maximum Gasteiger partial charge on any atom is 0.238 e. The lowest BCUT2D eigenvalue weighted by molar-refractivity contribution is -0.113. The number of nitrogens with zero attached hydrogens (tertiary/aromatic N) is 3. The second kappa shape index (κ2) is 9.32. The molecule has 1 saturated carbocycles. The fourth-order valence-corrected chi connectivity index (χ4v) is 5.42. The van der Waals surface area contributed by atoms with Gasteiger partial charge in [0.15, 0.2) is 5.16 Å². The van der Waals surface area contributed by atoms with Crippen LogP contribution in [0.4, 0.5) is 5.69 Å². The zero-order valence-electron chi connectivity index (χ0n) is 16.3. The van der Waals surface area contributed by atoms with Gasteiger partial charge in [-0.05, 0) is 70.6 Å². The SMILES string of the molecule is NS(=O)(=O)c1ccc(NC(=O)CSc2nnc(Br)n2-c2ccc(C3CC3)cc2Cl)c(Cl)c1. The Balaban J connectivity index is 1.47. The number of amides is 1. The van der Waals surface area contributed by atoms with Gasteiger partial charge in [0, 0.05) is 0 Å². The van der Waals surface area contributed by atoms with E-state index in [0.717, 1.165) is 11.8 Å². The number of carbonyl (C=O) groups is 1. The summed E-state index contributed by atoms with van der Waals surface area (Å²) in [6, 6.07) is 9.74. The van der Waals surface area contributed by atoms with Gasteiger partial charge in [-0.2, -0.15) is 0 Å². The molecule has 13 heteroatoms. The van der Waals surface area contributed by atoms with Crippen molar-refractivity contribution in [3.05, 3.63) is 56.7 Å². The second-order valence-corrected chi connectivity index (χ2v) is 11.1. The minimum atomic E-state index is -3.89. The van der Waals surface area contributed by atoms with E-state index < -0.39 is 10.0 Å². The summed E-state index contributed by atoms with van der Waals surface area (Å²) in [5.74, 6) is 0.228. The predicted molar refractivity (Wildman–Crippen MR) is 128 cm³/mol. The minimum absolute atomic E-state index is 0.0101. The molecular weight excluding hydrogens is 561 g/mol. The van der Waals surface area contributed by atoms with Gasteiger partial charge in [0.25, 0.3) is 0 Å². The van der Waals surface area contributed by atoms with Crippen molar-refractivity contribution >= 4 is 72.5 Å². The molecule has 1 fully saturated rings. The molecule has 1 heterocycles. The molecule has 0 aliphatic heterocycles. The van der Waals surface area contributed by atoms with Crippen LogP contribution in [0.2, 0.25) is 10.0 Å². The zero-order valence-corrected chi connectivity index (χ0v) is 21.0. The highest BCUT2D eigenvalue weighted by Crippen LogP contribution is 2.42. The van der Waals surface area contributed by atoms with Crippen molar-refractivity contribution in [2.75, 3.05) is 11.1 Å².